The van der Waals surface area contributed by atoms with Crippen molar-refractivity contribution >= 4 is 5.97 Å². The molecule has 13 heavy (non-hydrogen) atoms. The van der Waals surface area contributed by atoms with Gasteiger partial charge in [0.1, 0.15) is 0 Å². The molecule has 0 bridgehead atoms. The van der Waals surface area contributed by atoms with Crippen molar-refractivity contribution in [1.82, 2.24) is 0 Å². The Balaban J connectivity index is 2.73. The highest BCUT2D eigenvalue weighted by Gasteiger charge is 2.48. The molecule has 1 aliphatic rings. The molecule has 1 aliphatic carbocycles. The van der Waals surface area contributed by atoms with E-state index in [2.05, 4.69) is 0 Å². The summed E-state index contributed by atoms with van der Waals surface area (Å²) in [5.74, 6) is -4.19. The third-order valence-electron chi connectivity index (χ3n) is 2.50. The lowest BCUT2D eigenvalue weighted by Crippen LogP contribution is -2.37. The summed E-state index contributed by atoms with van der Waals surface area (Å²) in [7, 11) is 0. The molecule has 1 fully saturated rings. The lowest BCUT2D eigenvalue weighted by molar-refractivity contribution is -0.203. The molecule has 76 valence electrons. The van der Waals surface area contributed by atoms with E-state index >= 15 is 0 Å². The van der Waals surface area contributed by atoms with Gasteiger partial charge in [-0.05, 0) is 12.8 Å². The van der Waals surface area contributed by atoms with Gasteiger partial charge < -0.3 is 5.11 Å². The second kappa shape index (κ2) is 3.55. The first-order valence-corrected chi connectivity index (χ1v) is 4.22. The molecule has 2 atom stereocenters. The molecule has 0 aliphatic heterocycles. The number of halogens is 3. The first kappa shape index (κ1) is 10.3. The van der Waals surface area contributed by atoms with E-state index in [1.54, 1.807) is 0 Å². The maximum atomic E-state index is 12.3. The first-order valence-electron chi connectivity index (χ1n) is 4.22. The molecule has 1 rings (SSSR count). The van der Waals surface area contributed by atoms with Crippen LogP contribution in [-0.2, 0) is 4.79 Å². The van der Waals surface area contributed by atoms with E-state index in [1.165, 1.54) is 0 Å². The van der Waals surface area contributed by atoms with Crippen LogP contribution in [0.2, 0.25) is 0 Å². The van der Waals surface area contributed by atoms with Gasteiger partial charge in [-0.25, -0.2) is 0 Å². The van der Waals surface area contributed by atoms with Crippen molar-refractivity contribution in [2.24, 2.45) is 11.8 Å². The minimum Gasteiger partial charge on any atom is -0.481 e. The van der Waals surface area contributed by atoms with E-state index in [0.717, 1.165) is 0 Å². The molecular formula is C8H11F3O2. The molecule has 1 N–H and O–H groups in total. The monoisotopic (exact) mass is 196 g/mol. The molecule has 0 unspecified atom stereocenters. The van der Waals surface area contributed by atoms with Gasteiger partial charge in [0.05, 0.1) is 11.8 Å². The van der Waals surface area contributed by atoms with Crippen molar-refractivity contribution in [2.75, 3.05) is 0 Å². The van der Waals surface area contributed by atoms with Gasteiger partial charge >= 0.3 is 12.1 Å². The molecule has 5 heteroatoms. The summed E-state index contributed by atoms with van der Waals surface area (Å²) in [5, 5.41) is 8.57. The smallest absolute Gasteiger partial charge is 0.392 e. The van der Waals surface area contributed by atoms with E-state index in [1.807, 2.05) is 0 Å². The Bertz CT molecular complexity index is 200. The predicted octanol–water partition coefficient (Wildman–Crippen LogP) is 2.44. The number of carbonyl (C=O) groups is 1. The van der Waals surface area contributed by atoms with Crippen LogP contribution in [0.1, 0.15) is 25.7 Å². The summed E-state index contributed by atoms with van der Waals surface area (Å²) < 4.78 is 36.9. The van der Waals surface area contributed by atoms with Crippen molar-refractivity contribution in [3.05, 3.63) is 0 Å². The number of carboxylic acids is 1. The Labute approximate surface area is 73.7 Å². The molecule has 0 radical (unpaired) electrons. The van der Waals surface area contributed by atoms with E-state index in [4.69, 9.17) is 5.11 Å². The number of carboxylic acid groups (broad SMARTS) is 1. The van der Waals surface area contributed by atoms with Crippen molar-refractivity contribution in [3.63, 3.8) is 0 Å². The number of rotatable bonds is 1. The lowest BCUT2D eigenvalue weighted by atomic mass is 9.79. The van der Waals surface area contributed by atoms with Gasteiger partial charge in [-0.1, -0.05) is 12.8 Å². The summed E-state index contributed by atoms with van der Waals surface area (Å²) in [6.07, 6.45) is -3.18. The van der Waals surface area contributed by atoms with Gasteiger partial charge in [0.2, 0.25) is 0 Å². The highest BCUT2D eigenvalue weighted by Crippen LogP contribution is 2.41. The van der Waals surface area contributed by atoms with Crippen molar-refractivity contribution < 1.29 is 23.1 Å². The molecule has 1 saturated carbocycles. The Kier molecular flexibility index (Phi) is 2.83. The number of alkyl halides is 3. The Morgan fingerprint density at radius 3 is 2.15 bits per heavy atom. The molecule has 0 aromatic rings. The zero-order valence-corrected chi connectivity index (χ0v) is 6.97. The van der Waals surface area contributed by atoms with Crippen LogP contribution in [0.15, 0.2) is 0 Å². The van der Waals surface area contributed by atoms with E-state index in [-0.39, 0.29) is 12.8 Å². The second-order valence-electron chi connectivity index (χ2n) is 3.38. The minimum atomic E-state index is -4.36. The summed E-state index contributed by atoms with van der Waals surface area (Å²) in [6, 6.07) is 0. The average molecular weight is 196 g/mol. The van der Waals surface area contributed by atoms with Gasteiger partial charge in [-0.3, -0.25) is 4.79 Å². The van der Waals surface area contributed by atoms with E-state index < -0.39 is 24.0 Å². The minimum absolute atomic E-state index is 0.0412. The summed E-state index contributed by atoms with van der Waals surface area (Å²) >= 11 is 0. The molecular weight excluding hydrogens is 185 g/mol. The number of hydrogen-bond donors (Lipinski definition) is 1. The molecule has 0 amide bonds. The van der Waals surface area contributed by atoms with Crippen LogP contribution in [0.4, 0.5) is 13.2 Å². The molecule has 0 aromatic carbocycles. The van der Waals surface area contributed by atoms with Gasteiger partial charge in [0.15, 0.2) is 0 Å². The third kappa shape index (κ3) is 2.35. The van der Waals surface area contributed by atoms with Crippen LogP contribution < -0.4 is 0 Å². The number of aliphatic carboxylic acids is 1. The van der Waals surface area contributed by atoms with Gasteiger partial charge in [-0.2, -0.15) is 13.2 Å². The SMILES string of the molecule is O=C(O)[C@@H]1CCCC[C@H]1C(F)(F)F. The van der Waals surface area contributed by atoms with Crippen molar-refractivity contribution in [3.8, 4) is 0 Å². The fourth-order valence-corrected chi connectivity index (χ4v) is 1.82. The van der Waals surface area contributed by atoms with E-state index in [9.17, 15) is 18.0 Å². The van der Waals surface area contributed by atoms with Crippen LogP contribution in [0.3, 0.4) is 0 Å². The highest BCUT2D eigenvalue weighted by atomic mass is 19.4. The Morgan fingerprint density at radius 1 is 1.23 bits per heavy atom. The fourth-order valence-electron chi connectivity index (χ4n) is 1.82. The highest BCUT2D eigenvalue weighted by molar-refractivity contribution is 5.70. The topological polar surface area (TPSA) is 37.3 Å². The maximum Gasteiger partial charge on any atom is 0.392 e. The molecule has 0 spiro atoms. The normalized spacial score (nSPS) is 30.1. The quantitative estimate of drug-likeness (QED) is 0.699. The van der Waals surface area contributed by atoms with Crippen molar-refractivity contribution in [1.29, 1.82) is 0 Å². The van der Waals surface area contributed by atoms with Crippen molar-refractivity contribution in [2.45, 2.75) is 31.9 Å². The number of hydrogen-bond acceptors (Lipinski definition) is 1. The lowest BCUT2D eigenvalue weighted by Gasteiger charge is -2.29. The molecule has 0 saturated heterocycles. The molecule has 0 aromatic heterocycles. The van der Waals surface area contributed by atoms with Gasteiger partial charge in [0.25, 0.3) is 0 Å². The Morgan fingerprint density at radius 2 is 1.77 bits per heavy atom. The van der Waals surface area contributed by atoms with Gasteiger partial charge in [-0.15, -0.1) is 0 Å². The largest absolute Gasteiger partial charge is 0.481 e. The first-order chi connectivity index (χ1) is 5.93. The maximum absolute atomic E-state index is 12.3. The Hall–Kier alpha value is -0.740. The summed E-state index contributed by atoms with van der Waals surface area (Å²) in [4.78, 5) is 10.5. The van der Waals surface area contributed by atoms with Crippen LogP contribution in [0.25, 0.3) is 0 Å². The molecule has 0 heterocycles. The zero-order valence-electron chi connectivity index (χ0n) is 6.97. The van der Waals surface area contributed by atoms with Crippen LogP contribution >= 0.6 is 0 Å². The van der Waals surface area contributed by atoms with Crippen LogP contribution in [0.5, 0.6) is 0 Å². The predicted molar refractivity (Wildman–Crippen MR) is 39.1 cm³/mol. The molecule has 2 nitrogen and oxygen atoms in total. The van der Waals surface area contributed by atoms with Gasteiger partial charge in [0, 0.05) is 0 Å². The standard InChI is InChI=1S/C8H11F3O2/c9-8(10,11)6-4-2-1-3-5(6)7(12)13/h5-6H,1-4H2,(H,12,13)/t5-,6-/m1/s1. The summed E-state index contributed by atoms with van der Waals surface area (Å²) in [5.41, 5.74) is 0. The second-order valence-corrected chi connectivity index (χ2v) is 3.38. The average Bonchev–Trinajstić information content (AvgIpc) is 2.03. The van der Waals surface area contributed by atoms with E-state index in [0.29, 0.717) is 12.8 Å². The summed E-state index contributed by atoms with van der Waals surface area (Å²) in [6.45, 7) is 0. The third-order valence-corrected chi connectivity index (χ3v) is 2.50. The van der Waals surface area contributed by atoms with Crippen LogP contribution in [0, 0.1) is 11.8 Å². The van der Waals surface area contributed by atoms with Crippen LogP contribution in [-0.4, -0.2) is 17.3 Å². The zero-order chi connectivity index (χ0) is 10.1. The fraction of sp³-hybridized carbons (Fsp3) is 0.875.